The van der Waals surface area contributed by atoms with Crippen molar-refractivity contribution in [2.45, 2.75) is 25.8 Å². The summed E-state index contributed by atoms with van der Waals surface area (Å²) in [4.78, 5) is 25.2. The normalized spacial score (nSPS) is 19.2. The molecule has 18 heavy (non-hydrogen) atoms. The molecule has 92 valence electrons. The monoisotopic (exact) mass is 242 g/mol. The summed E-state index contributed by atoms with van der Waals surface area (Å²) < 4.78 is 0. The molecule has 0 aromatic heterocycles. The van der Waals surface area contributed by atoms with Crippen LogP contribution in [0.3, 0.4) is 0 Å². The fourth-order valence-corrected chi connectivity index (χ4v) is 1.96. The Morgan fingerprint density at radius 2 is 1.83 bits per heavy atom. The molecule has 1 heterocycles. The van der Waals surface area contributed by atoms with Gasteiger partial charge in [-0.3, -0.25) is 9.59 Å². The maximum absolute atomic E-state index is 12.1. The summed E-state index contributed by atoms with van der Waals surface area (Å²) in [6.45, 7) is 1.97. The molecular weight excluding hydrogens is 228 g/mol. The third-order valence-corrected chi connectivity index (χ3v) is 3.15. The zero-order valence-electron chi connectivity index (χ0n) is 10.1. The van der Waals surface area contributed by atoms with Crippen LogP contribution in [0.5, 0.6) is 0 Å². The van der Waals surface area contributed by atoms with Crippen LogP contribution in [0.1, 0.15) is 18.4 Å². The molecule has 0 bridgehead atoms. The molecule has 1 aliphatic carbocycles. The van der Waals surface area contributed by atoms with E-state index < -0.39 is 0 Å². The SMILES string of the molecule is Cc1ccc(N2C(=O)C=C(NC3CC3)C2=O)cc1. The molecule has 1 aromatic rings. The molecule has 0 atom stereocenters. The van der Waals surface area contributed by atoms with E-state index in [1.165, 1.54) is 11.0 Å². The lowest BCUT2D eigenvalue weighted by Crippen LogP contribution is -2.33. The van der Waals surface area contributed by atoms with Crippen LogP contribution >= 0.6 is 0 Å². The Labute approximate surface area is 105 Å². The number of nitrogens with one attached hydrogen (secondary N) is 1. The van der Waals surface area contributed by atoms with Crippen LogP contribution in [0.4, 0.5) is 5.69 Å². The van der Waals surface area contributed by atoms with Gasteiger partial charge in [-0.15, -0.1) is 0 Å². The zero-order chi connectivity index (χ0) is 12.7. The fraction of sp³-hybridized carbons (Fsp3) is 0.286. The third-order valence-electron chi connectivity index (χ3n) is 3.15. The van der Waals surface area contributed by atoms with Gasteiger partial charge in [0.25, 0.3) is 11.8 Å². The van der Waals surface area contributed by atoms with Crippen molar-refractivity contribution in [2.24, 2.45) is 0 Å². The minimum Gasteiger partial charge on any atom is -0.378 e. The van der Waals surface area contributed by atoms with Gasteiger partial charge in [0, 0.05) is 12.1 Å². The van der Waals surface area contributed by atoms with Gasteiger partial charge in [-0.25, -0.2) is 4.90 Å². The van der Waals surface area contributed by atoms with E-state index in [9.17, 15) is 9.59 Å². The Hall–Kier alpha value is -2.10. The second-order valence-corrected chi connectivity index (χ2v) is 4.79. The summed E-state index contributed by atoms with van der Waals surface area (Å²) in [6.07, 6.45) is 3.53. The van der Waals surface area contributed by atoms with E-state index in [0.29, 0.717) is 17.4 Å². The van der Waals surface area contributed by atoms with Gasteiger partial charge < -0.3 is 5.32 Å². The second kappa shape index (κ2) is 3.98. The lowest BCUT2D eigenvalue weighted by Gasteiger charge is -2.15. The van der Waals surface area contributed by atoms with Crippen molar-refractivity contribution in [3.63, 3.8) is 0 Å². The second-order valence-electron chi connectivity index (χ2n) is 4.79. The van der Waals surface area contributed by atoms with E-state index in [1.807, 2.05) is 19.1 Å². The van der Waals surface area contributed by atoms with E-state index in [-0.39, 0.29) is 11.8 Å². The largest absolute Gasteiger partial charge is 0.378 e. The summed E-state index contributed by atoms with van der Waals surface area (Å²) in [6, 6.07) is 7.73. The van der Waals surface area contributed by atoms with Gasteiger partial charge in [-0.05, 0) is 31.9 Å². The van der Waals surface area contributed by atoms with E-state index >= 15 is 0 Å². The van der Waals surface area contributed by atoms with Crippen LogP contribution in [0, 0.1) is 6.92 Å². The molecule has 2 aliphatic rings. The molecule has 4 heteroatoms. The molecule has 0 unspecified atom stereocenters. The standard InChI is InChI=1S/C14H14N2O2/c1-9-2-6-11(7-3-9)16-13(17)8-12(14(16)18)15-10-4-5-10/h2-3,6-8,10,15H,4-5H2,1H3. The van der Waals surface area contributed by atoms with Crippen molar-refractivity contribution < 1.29 is 9.59 Å². The highest BCUT2D eigenvalue weighted by Gasteiger charge is 2.35. The van der Waals surface area contributed by atoms with Crippen molar-refractivity contribution >= 4 is 17.5 Å². The van der Waals surface area contributed by atoms with Crippen molar-refractivity contribution in [2.75, 3.05) is 4.90 Å². The Balaban J connectivity index is 1.84. The first-order chi connectivity index (χ1) is 8.65. The van der Waals surface area contributed by atoms with E-state index in [4.69, 9.17) is 0 Å². The highest BCUT2D eigenvalue weighted by Crippen LogP contribution is 2.25. The van der Waals surface area contributed by atoms with Gasteiger partial charge in [-0.2, -0.15) is 0 Å². The Morgan fingerprint density at radius 1 is 1.17 bits per heavy atom. The molecule has 4 nitrogen and oxygen atoms in total. The molecule has 0 spiro atoms. The van der Waals surface area contributed by atoms with Gasteiger partial charge in [0.15, 0.2) is 0 Å². The van der Waals surface area contributed by atoms with E-state index in [2.05, 4.69) is 5.32 Å². The predicted molar refractivity (Wildman–Crippen MR) is 67.9 cm³/mol. The van der Waals surface area contributed by atoms with Gasteiger partial charge in [0.1, 0.15) is 5.70 Å². The first-order valence-corrected chi connectivity index (χ1v) is 6.08. The van der Waals surface area contributed by atoms with Crippen LogP contribution in [0.2, 0.25) is 0 Å². The third kappa shape index (κ3) is 1.90. The van der Waals surface area contributed by atoms with Gasteiger partial charge in [-0.1, -0.05) is 17.7 Å². The lowest BCUT2D eigenvalue weighted by atomic mass is 10.2. The number of hydrogen-bond acceptors (Lipinski definition) is 3. The van der Waals surface area contributed by atoms with Crippen molar-refractivity contribution in [3.8, 4) is 0 Å². The highest BCUT2D eigenvalue weighted by atomic mass is 16.2. The molecule has 0 radical (unpaired) electrons. The maximum Gasteiger partial charge on any atom is 0.281 e. The smallest absolute Gasteiger partial charge is 0.281 e. The van der Waals surface area contributed by atoms with E-state index in [1.54, 1.807) is 12.1 Å². The van der Waals surface area contributed by atoms with Gasteiger partial charge >= 0.3 is 0 Å². The summed E-state index contributed by atoms with van der Waals surface area (Å²) in [5.41, 5.74) is 2.14. The average Bonchev–Trinajstić information content (AvgIpc) is 3.10. The quantitative estimate of drug-likeness (QED) is 0.817. The van der Waals surface area contributed by atoms with Crippen molar-refractivity contribution in [3.05, 3.63) is 41.6 Å². The summed E-state index contributed by atoms with van der Waals surface area (Å²) in [7, 11) is 0. The van der Waals surface area contributed by atoms with E-state index in [0.717, 1.165) is 18.4 Å². The molecule has 1 N–H and O–H groups in total. The van der Waals surface area contributed by atoms with Crippen molar-refractivity contribution in [1.29, 1.82) is 0 Å². The van der Waals surface area contributed by atoms with Crippen LogP contribution in [0.15, 0.2) is 36.0 Å². The Bertz CT molecular complexity index is 541. The maximum atomic E-state index is 12.1. The number of benzene rings is 1. The molecule has 1 aliphatic heterocycles. The molecule has 0 saturated heterocycles. The molecule has 2 amide bonds. The van der Waals surface area contributed by atoms with Crippen LogP contribution in [-0.4, -0.2) is 17.9 Å². The summed E-state index contributed by atoms with van der Waals surface area (Å²) >= 11 is 0. The number of hydrogen-bond donors (Lipinski definition) is 1. The van der Waals surface area contributed by atoms with Gasteiger partial charge in [0.2, 0.25) is 0 Å². The number of carbonyl (C=O) groups excluding carboxylic acids is 2. The zero-order valence-corrected chi connectivity index (χ0v) is 10.1. The number of aryl methyl sites for hydroxylation is 1. The number of rotatable bonds is 3. The molecule has 1 aromatic carbocycles. The average molecular weight is 242 g/mol. The minimum absolute atomic E-state index is 0.254. The first kappa shape index (κ1) is 11.0. The lowest BCUT2D eigenvalue weighted by molar-refractivity contribution is -0.120. The molecular formula is C14H14N2O2. The minimum atomic E-state index is -0.271. The number of nitrogens with zero attached hydrogens (tertiary/aromatic N) is 1. The Morgan fingerprint density at radius 3 is 2.44 bits per heavy atom. The van der Waals surface area contributed by atoms with Crippen LogP contribution < -0.4 is 10.2 Å². The van der Waals surface area contributed by atoms with Gasteiger partial charge in [0.05, 0.1) is 5.69 Å². The number of imide groups is 1. The van der Waals surface area contributed by atoms with Crippen LogP contribution in [0.25, 0.3) is 0 Å². The summed E-state index contributed by atoms with van der Waals surface area (Å²) in [5.74, 6) is -0.525. The fourth-order valence-electron chi connectivity index (χ4n) is 1.96. The number of anilines is 1. The van der Waals surface area contributed by atoms with Crippen LogP contribution in [-0.2, 0) is 9.59 Å². The first-order valence-electron chi connectivity index (χ1n) is 6.08. The van der Waals surface area contributed by atoms with Crippen molar-refractivity contribution in [1.82, 2.24) is 5.32 Å². The predicted octanol–water partition coefficient (Wildman–Crippen LogP) is 1.50. The Kier molecular flexibility index (Phi) is 2.44. The topological polar surface area (TPSA) is 49.4 Å². The molecule has 1 saturated carbocycles. The molecule has 3 rings (SSSR count). The molecule has 1 fully saturated rings. The summed E-state index contributed by atoms with van der Waals surface area (Å²) in [5, 5.41) is 3.09. The highest BCUT2D eigenvalue weighted by molar-refractivity contribution is 6.30. The number of amides is 2. The number of carbonyl (C=O) groups is 2.